The van der Waals surface area contributed by atoms with Gasteiger partial charge in [-0.15, -0.1) is 0 Å². The number of hydrogen-bond acceptors (Lipinski definition) is 3. The van der Waals surface area contributed by atoms with Crippen molar-refractivity contribution < 1.29 is 13.2 Å². The number of aryl methyl sites for hydroxylation is 2. The number of amides is 1. The van der Waals surface area contributed by atoms with Crippen molar-refractivity contribution in [3.63, 3.8) is 0 Å². The SMILES string of the molecule is Cc1cc(Cl)ccc1NS(=O)(=O)c1ccc(C)c(C(N)=O)c1. The molecule has 0 spiro atoms. The number of rotatable bonds is 4. The Hall–Kier alpha value is -2.05. The van der Waals surface area contributed by atoms with Crippen LogP contribution in [0.1, 0.15) is 21.5 Å². The molecule has 0 aromatic heterocycles. The summed E-state index contributed by atoms with van der Waals surface area (Å²) in [5.74, 6) is -0.669. The Balaban J connectivity index is 2.42. The third-order valence-corrected chi connectivity index (χ3v) is 4.82. The molecule has 0 aliphatic rings. The topological polar surface area (TPSA) is 89.3 Å². The fourth-order valence-electron chi connectivity index (χ4n) is 1.98. The molecule has 0 saturated carbocycles. The molecule has 0 bridgehead atoms. The van der Waals surface area contributed by atoms with Gasteiger partial charge in [-0.3, -0.25) is 9.52 Å². The van der Waals surface area contributed by atoms with E-state index in [1.807, 2.05) is 0 Å². The number of sulfonamides is 1. The molecule has 2 rings (SSSR count). The summed E-state index contributed by atoms with van der Waals surface area (Å²) in [6.45, 7) is 3.43. The van der Waals surface area contributed by atoms with Gasteiger partial charge in [0.05, 0.1) is 10.6 Å². The van der Waals surface area contributed by atoms with E-state index in [1.54, 1.807) is 38.1 Å². The first-order chi connectivity index (χ1) is 10.2. The van der Waals surface area contributed by atoms with Crippen molar-refractivity contribution in [1.29, 1.82) is 0 Å². The minimum Gasteiger partial charge on any atom is -0.366 e. The van der Waals surface area contributed by atoms with Crippen LogP contribution in [0.25, 0.3) is 0 Å². The van der Waals surface area contributed by atoms with E-state index in [2.05, 4.69) is 4.72 Å². The molecule has 1 amide bonds. The van der Waals surface area contributed by atoms with Crippen LogP contribution in [0.2, 0.25) is 5.02 Å². The second-order valence-electron chi connectivity index (χ2n) is 4.91. The second kappa shape index (κ2) is 5.98. The first-order valence-corrected chi connectivity index (χ1v) is 8.26. The number of carbonyl (C=O) groups is 1. The van der Waals surface area contributed by atoms with Gasteiger partial charge in [-0.05, 0) is 55.3 Å². The number of hydrogen-bond donors (Lipinski definition) is 2. The molecule has 0 unspecified atom stereocenters. The summed E-state index contributed by atoms with van der Waals surface area (Å²) in [5.41, 5.74) is 7.16. The first kappa shape index (κ1) is 16.3. The van der Waals surface area contributed by atoms with Crippen LogP contribution >= 0.6 is 11.6 Å². The molecule has 0 atom stereocenters. The molecule has 0 radical (unpaired) electrons. The maximum atomic E-state index is 12.4. The predicted octanol–water partition coefficient (Wildman–Crippen LogP) is 2.86. The molecular formula is C15H15ClN2O3S. The van der Waals surface area contributed by atoms with Crippen molar-refractivity contribution in [3.8, 4) is 0 Å². The summed E-state index contributed by atoms with van der Waals surface area (Å²) in [7, 11) is -3.82. The van der Waals surface area contributed by atoms with E-state index in [1.165, 1.54) is 12.1 Å². The van der Waals surface area contributed by atoms with Gasteiger partial charge in [0.1, 0.15) is 0 Å². The number of anilines is 1. The smallest absolute Gasteiger partial charge is 0.261 e. The van der Waals surface area contributed by atoms with Gasteiger partial charge in [-0.25, -0.2) is 8.42 Å². The maximum absolute atomic E-state index is 12.4. The first-order valence-electron chi connectivity index (χ1n) is 6.40. The lowest BCUT2D eigenvalue weighted by Crippen LogP contribution is -2.17. The fourth-order valence-corrected chi connectivity index (χ4v) is 3.36. The van der Waals surface area contributed by atoms with Gasteiger partial charge in [0.15, 0.2) is 0 Å². The van der Waals surface area contributed by atoms with E-state index >= 15 is 0 Å². The normalized spacial score (nSPS) is 11.2. The number of nitrogens with one attached hydrogen (secondary N) is 1. The van der Waals surface area contributed by atoms with Crippen LogP contribution in [0.5, 0.6) is 0 Å². The zero-order valence-electron chi connectivity index (χ0n) is 12.1. The highest BCUT2D eigenvalue weighted by Gasteiger charge is 2.18. The average Bonchev–Trinajstić information content (AvgIpc) is 2.42. The van der Waals surface area contributed by atoms with Crippen LogP contribution in [0, 0.1) is 13.8 Å². The molecule has 116 valence electrons. The molecule has 2 aromatic rings. The average molecular weight is 339 g/mol. The van der Waals surface area contributed by atoms with Crippen molar-refractivity contribution in [3.05, 3.63) is 58.1 Å². The minimum absolute atomic E-state index is 0.0266. The predicted molar refractivity (Wildman–Crippen MR) is 86.7 cm³/mol. The molecule has 0 heterocycles. The monoisotopic (exact) mass is 338 g/mol. The van der Waals surface area contributed by atoms with Crippen molar-refractivity contribution in [1.82, 2.24) is 0 Å². The molecular weight excluding hydrogens is 324 g/mol. The van der Waals surface area contributed by atoms with Crippen molar-refractivity contribution >= 4 is 33.2 Å². The van der Waals surface area contributed by atoms with Gasteiger partial charge in [0.2, 0.25) is 5.91 Å². The molecule has 5 nitrogen and oxygen atoms in total. The highest BCUT2D eigenvalue weighted by Crippen LogP contribution is 2.23. The lowest BCUT2D eigenvalue weighted by atomic mass is 10.1. The largest absolute Gasteiger partial charge is 0.366 e. The number of nitrogens with two attached hydrogens (primary N) is 1. The van der Waals surface area contributed by atoms with Gasteiger partial charge < -0.3 is 5.73 Å². The summed E-state index contributed by atoms with van der Waals surface area (Å²) >= 11 is 5.85. The molecule has 7 heteroatoms. The van der Waals surface area contributed by atoms with Crippen molar-refractivity contribution in [2.75, 3.05) is 4.72 Å². The third kappa shape index (κ3) is 3.40. The van der Waals surface area contributed by atoms with Crippen molar-refractivity contribution in [2.24, 2.45) is 5.73 Å². The molecule has 0 aliphatic heterocycles. The number of halogens is 1. The summed E-state index contributed by atoms with van der Waals surface area (Å²) in [6, 6.07) is 9.07. The Bertz CT molecular complexity index is 848. The van der Waals surface area contributed by atoms with Crippen LogP contribution in [0.15, 0.2) is 41.3 Å². The molecule has 2 aromatic carbocycles. The third-order valence-electron chi connectivity index (χ3n) is 3.22. The van der Waals surface area contributed by atoms with E-state index < -0.39 is 15.9 Å². The van der Waals surface area contributed by atoms with Crippen LogP contribution in [0.4, 0.5) is 5.69 Å². The fraction of sp³-hybridized carbons (Fsp3) is 0.133. The zero-order chi connectivity index (χ0) is 16.5. The maximum Gasteiger partial charge on any atom is 0.261 e. The number of primary amides is 1. The lowest BCUT2D eigenvalue weighted by Gasteiger charge is -2.12. The number of benzene rings is 2. The highest BCUT2D eigenvalue weighted by molar-refractivity contribution is 7.92. The molecule has 0 fully saturated rings. The van der Waals surface area contributed by atoms with E-state index in [0.29, 0.717) is 21.8 Å². The lowest BCUT2D eigenvalue weighted by molar-refractivity contribution is 0.0999. The van der Waals surface area contributed by atoms with Crippen LogP contribution < -0.4 is 10.5 Å². The summed E-state index contributed by atoms with van der Waals surface area (Å²) in [5, 5.41) is 0.520. The van der Waals surface area contributed by atoms with E-state index in [4.69, 9.17) is 17.3 Å². The standard InChI is InChI=1S/C15H15ClN2O3S/c1-9-3-5-12(8-13(9)15(17)19)22(20,21)18-14-6-4-11(16)7-10(14)2/h3-8,18H,1-2H3,(H2,17,19). The molecule has 0 aliphatic carbocycles. The van der Waals surface area contributed by atoms with Crippen molar-refractivity contribution in [2.45, 2.75) is 18.7 Å². The van der Waals surface area contributed by atoms with Crippen LogP contribution in [-0.4, -0.2) is 14.3 Å². The highest BCUT2D eigenvalue weighted by atomic mass is 35.5. The van der Waals surface area contributed by atoms with Gasteiger partial charge in [-0.1, -0.05) is 17.7 Å². The Labute approximate surface area is 134 Å². The molecule has 0 saturated heterocycles. The summed E-state index contributed by atoms with van der Waals surface area (Å²) < 4.78 is 27.3. The Morgan fingerprint density at radius 3 is 2.36 bits per heavy atom. The summed E-state index contributed by atoms with van der Waals surface area (Å²) in [6.07, 6.45) is 0. The van der Waals surface area contributed by atoms with Crippen LogP contribution in [-0.2, 0) is 10.0 Å². The zero-order valence-corrected chi connectivity index (χ0v) is 13.6. The minimum atomic E-state index is -3.82. The van der Waals surface area contributed by atoms with E-state index in [0.717, 1.165) is 0 Å². The van der Waals surface area contributed by atoms with Gasteiger partial charge in [-0.2, -0.15) is 0 Å². The van der Waals surface area contributed by atoms with E-state index in [-0.39, 0.29) is 10.5 Å². The molecule has 22 heavy (non-hydrogen) atoms. The molecule has 3 N–H and O–H groups in total. The quantitative estimate of drug-likeness (QED) is 0.898. The van der Waals surface area contributed by atoms with Gasteiger partial charge in [0.25, 0.3) is 10.0 Å². The van der Waals surface area contributed by atoms with Crippen LogP contribution in [0.3, 0.4) is 0 Å². The number of carbonyl (C=O) groups excluding carboxylic acids is 1. The Kier molecular flexibility index (Phi) is 4.44. The Morgan fingerprint density at radius 2 is 1.77 bits per heavy atom. The van der Waals surface area contributed by atoms with Gasteiger partial charge in [0, 0.05) is 10.6 Å². The second-order valence-corrected chi connectivity index (χ2v) is 7.02. The van der Waals surface area contributed by atoms with Gasteiger partial charge >= 0.3 is 0 Å². The summed E-state index contributed by atoms with van der Waals surface area (Å²) in [4.78, 5) is 11.3. The Morgan fingerprint density at radius 1 is 1.09 bits per heavy atom. The van der Waals surface area contributed by atoms with E-state index in [9.17, 15) is 13.2 Å².